The molecule has 1 fully saturated rings. The van der Waals surface area contributed by atoms with Gasteiger partial charge in [0.15, 0.2) is 0 Å². The molecule has 0 radical (unpaired) electrons. The number of aliphatic hydroxyl groups is 1. The largest absolute Gasteiger partial charge is 0.507 e. The van der Waals surface area contributed by atoms with Crippen LogP contribution in [0.15, 0.2) is 78.4 Å². The molecule has 0 unspecified atom stereocenters. The summed E-state index contributed by atoms with van der Waals surface area (Å²) in [6.45, 7) is 1.80. The molecule has 0 aliphatic carbocycles. The molecule has 0 spiro atoms. The number of ketones is 1. The highest BCUT2D eigenvalue weighted by Crippen LogP contribution is 2.43. The molecule has 32 heavy (non-hydrogen) atoms. The van der Waals surface area contributed by atoms with Crippen LogP contribution in [0, 0.1) is 17.0 Å². The molecule has 1 aliphatic rings. The Morgan fingerprint density at radius 1 is 1.03 bits per heavy atom. The van der Waals surface area contributed by atoms with Gasteiger partial charge in [0.2, 0.25) is 0 Å². The van der Waals surface area contributed by atoms with Crippen molar-refractivity contribution in [3.05, 3.63) is 110 Å². The number of rotatable bonds is 4. The molecule has 8 heteroatoms. The number of carbonyl (C=O) groups is 2. The number of aryl methyl sites for hydroxylation is 1. The summed E-state index contributed by atoms with van der Waals surface area (Å²) in [5, 5.41) is 22.7. The molecule has 1 N–H and O–H groups in total. The van der Waals surface area contributed by atoms with E-state index in [2.05, 4.69) is 0 Å². The zero-order valence-electron chi connectivity index (χ0n) is 16.9. The van der Waals surface area contributed by atoms with Crippen LogP contribution in [-0.2, 0) is 9.59 Å². The van der Waals surface area contributed by atoms with E-state index in [1.807, 2.05) is 0 Å². The van der Waals surface area contributed by atoms with Crippen LogP contribution in [0.2, 0.25) is 5.02 Å². The molecule has 0 aromatic heterocycles. The van der Waals surface area contributed by atoms with Crippen LogP contribution in [0.5, 0.6) is 0 Å². The highest BCUT2D eigenvalue weighted by atomic mass is 35.5. The average Bonchev–Trinajstić information content (AvgIpc) is 3.06. The van der Waals surface area contributed by atoms with E-state index in [1.54, 1.807) is 61.5 Å². The van der Waals surface area contributed by atoms with Gasteiger partial charge in [0, 0.05) is 28.4 Å². The monoisotopic (exact) mass is 448 g/mol. The second kappa shape index (κ2) is 8.28. The third kappa shape index (κ3) is 3.63. The van der Waals surface area contributed by atoms with Gasteiger partial charge >= 0.3 is 0 Å². The number of Topliss-reactive ketones (excluding diaryl/α,β-unsaturated/α-hetero) is 1. The topological polar surface area (TPSA) is 101 Å². The predicted molar refractivity (Wildman–Crippen MR) is 121 cm³/mol. The fourth-order valence-electron chi connectivity index (χ4n) is 3.71. The first-order valence-electron chi connectivity index (χ1n) is 9.66. The van der Waals surface area contributed by atoms with Crippen molar-refractivity contribution in [2.45, 2.75) is 13.0 Å². The molecule has 0 bridgehead atoms. The zero-order valence-corrected chi connectivity index (χ0v) is 17.6. The summed E-state index contributed by atoms with van der Waals surface area (Å²) in [7, 11) is 0. The molecule has 0 saturated carbocycles. The lowest BCUT2D eigenvalue weighted by molar-refractivity contribution is -0.384. The maximum Gasteiger partial charge on any atom is 0.300 e. The van der Waals surface area contributed by atoms with Gasteiger partial charge in [-0.25, -0.2) is 0 Å². The number of hydrogen-bond acceptors (Lipinski definition) is 5. The predicted octanol–water partition coefficient (Wildman–Crippen LogP) is 5.18. The van der Waals surface area contributed by atoms with Crippen molar-refractivity contribution in [1.29, 1.82) is 0 Å². The van der Waals surface area contributed by atoms with Crippen LogP contribution < -0.4 is 4.90 Å². The van der Waals surface area contributed by atoms with Gasteiger partial charge < -0.3 is 5.11 Å². The van der Waals surface area contributed by atoms with E-state index in [-0.39, 0.29) is 17.0 Å². The summed E-state index contributed by atoms with van der Waals surface area (Å²) >= 11 is 6.26. The lowest BCUT2D eigenvalue weighted by Gasteiger charge is -2.25. The van der Waals surface area contributed by atoms with Gasteiger partial charge in [0.05, 0.1) is 16.5 Å². The Balaban J connectivity index is 1.98. The molecule has 1 amide bonds. The fraction of sp³-hybridized carbons (Fsp3) is 0.0833. The van der Waals surface area contributed by atoms with Crippen LogP contribution in [0.3, 0.4) is 0 Å². The number of carbonyl (C=O) groups excluding carboxylic acids is 2. The molecule has 7 nitrogen and oxygen atoms in total. The summed E-state index contributed by atoms with van der Waals surface area (Å²) in [5.74, 6) is -2.11. The van der Waals surface area contributed by atoms with Gasteiger partial charge in [-0.15, -0.1) is 0 Å². The number of nitro benzene ring substituents is 1. The Hall–Kier alpha value is -3.97. The summed E-state index contributed by atoms with van der Waals surface area (Å²) in [6.07, 6.45) is 0. The van der Waals surface area contributed by atoms with E-state index in [4.69, 9.17) is 11.6 Å². The zero-order chi connectivity index (χ0) is 23.0. The molecule has 4 rings (SSSR count). The van der Waals surface area contributed by atoms with Crippen molar-refractivity contribution in [3.8, 4) is 0 Å². The minimum atomic E-state index is -1.08. The van der Waals surface area contributed by atoms with Gasteiger partial charge in [-0.05, 0) is 30.2 Å². The van der Waals surface area contributed by atoms with Crippen molar-refractivity contribution in [1.82, 2.24) is 0 Å². The summed E-state index contributed by atoms with van der Waals surface area (Å²) < 4.78 is 0. The fourth-order valence-corrected chi connectivity index (χ4v) is 3.88. The molecule has 1 atom stereocenters. The van der Waals surface area contributed by atoms with Crippen LogP contribution in [0.1, 0.15) is 22.7 Å². The molecular weight excluding hydrogens is 432 g/mol. The lowest BCUT2D eigenvalue weighted by Crippen LogP contribution is -2.29. The second-order valence-corrected chi connectivity index (χ2v) is 7.73. The summed E-state index contributed by atoms with van der Waals surface area (Å²) in [6, 6.07) is 17.8. The molecule has 3 aromatic carbocycles. The number of anilines is 1. The molecule has 1 heterocycles. The summed E-state index contributed by atoms with van der Waals surface area (Å²) in [5.41, 5.74) is 1.43. The van der Waals surface area contributed by atoms with E-state index >= 15 is 0 Å². The lowest BCUT2D eigenvalue weighted by atomic mass is 9.95. The minimum Gasteiger partial charge on any atom is -0.507 e. The quantitative estimate of drug-likeness (QED) is 0.195. The number of hydrogen-bond donors (Lipinski definition) is 1. The second-order valence-electron chi connectivity index (χ2n) is 7.32. The SMILES string of the molecule is Cc1ccc(N2C(=O)C(=O)C(=C(O)c3ccccc3)[C@@H]2c2cccc([N+](=O)[O-])c2)cc1Cl. The number of nitro groups is 1. The van der Waals surface area contributed by atoms with Crippen LogP contribution in [0.25, 0.3) is 5.76 Å². The first kappa shape index (κ1) is 21.3. The number of aliphatic hydroxyl groups excluding tert-OH is 1. The van der Waals surface area contributed by atoms with Crippen molar-refractivity contribution in [3.63, 3.8) is 0 Å². The molecule has 160 valence electrons. The van der Waals surface area contributed by atoms with Crippen LogP contribution in [0.4, 0.5) is 11.4 Å². The van der Waals surface area contributed by atoms with Gasteiger partial charge in [0.25, 0.3) is 17.4 Å². The Morgan fingerprint density at radius 2 is 1.75 bits per heavy atom. The number of benzene rings is 3. The Kier molecular flexibility index (Phi) is 5.50. The number of non-ortho nitro benzene ring substituents is 1. The van der Waals surface area contributed by atoms with E-state index in [9.17, 15) is 24.8 Å². The van der Waals surface area contributed by atoms with Crippen LogP contribution in [-0.4, -0.2) is 21.7 Å². The van der Waals surface area contributed by atoms with Gasteiger partial charge in [-0.2, -0.15) is 0 Å². The highest BCUT2D eigenvalue weighted by molar-refractivity contribution is 6.51. The van der Waals surface area contributed by atoms with Gasteiger partial charge in [-0.3, -0.25) is 24.6 Å². The van der Waals surface area contributed by atoms with Crippen molar-refractivity contribution < 1.29 is 19.6 Å². The van der Waals surface area contributed by atoms with E-state index in [0.717, 1.165) is 5.56 Å². The number of amides is 1. The molecule has 3 aromatic rings. The van der Waals surface area contributed by atoms with E-state index in [0.29, 0.717) is 21.8 Å². The normalized spacial score (nSPS) is 17.6. The maximum absolute atomic E-state index is 13.1. The van der Waals surface area contributed by atoms with E-state index < -0.39 is 22.7 Å². The standard InChI is InChI=1S/C24H17ClN2O5/c1-14-10-11-17(13-19(14)25)26-21(16-8-5-9-18(12-16)27(31)32)20(23(29)24(26)30)22(28)15-6-3-2-4-7-15/h2-13,21,28H,1H3/t21-/m0/s1. The molecular formula is C24H17ClN2O5. The highest BCUT2D eigenvalue weighted by Gasteiger charge is 2.47. The molecule has 1 aliphatic heterocycles. The first-order valence-corrected chi connectivity index (χ1v) is 10.0. The smallest absolute Gasteiger partial charge is 0.300 e. The Bertz CT molecular complexity index is 1290. The third-order valence-electron chi connectivity index (χ3n) is 5.32. The molecule has 1 saturated heterocycles. The number of nitrogens with zero attached hydrogens (tertiary/aromatic N) is 2. The minimum absolute atomic E-state index is 0.154. The van der Waals surface area contributed by atoms with Crippen LogP contribution >= 0.6 is 11.6 Å². The average molecular weight is 449 g/mol. The third-order valence-corrected chi connectivity index (χ3v) is 5.73. The summed E-state index contributed by atoms with van der Waals surface area (Å²) in [4.78, 5) is 38.2. The first-order chi connectivity index (χ1) is 15.3. The van der Waals surface area contributed by atoms with Gasteiger partial charge in [-0.1, -0.05) is 60.1 Å². The maximum atomic E-state index is 13.1. The number of halogens is 1. The van der Waals surface area contributed by atoms with Crippen molar-refractivity contribution >= 4 is 40.4 Å². The van der Waals surface area contributed by atoms with Gasteiger partial charge in [0.1, 0.15) is 5.76 Å². The Morgan fingerprint density at radius 3 is 2.41 bits per heavy atom. The van der Waals surface area contributed by atoms with Crippen molar-refractivity contribution in [2.75, 3.05) is 4.90 Å². The van der Waals surface area contributed by atoms with Crippen molar-refractivity contribution in [2.24, 2.45) is 0 Å². The Labute approximate surface area is 188 Å². The van der Waals surface area contributed by atoms with E-state index in [1.165, 1.54) is 23.1 Å².